The highest BCUT2D eigenvalue weighted by molar-refractivity contribution is 9.10. The van der Waals surface area contributed by atoms with E-state index in [1.807, 2.05) is 18.2 Å². The lowest BCUT2D eigenvalue weighted by atomic mass is 10.0. The first-order valence-electron chi connectivity index (χ1n) is 6.20. The highest BCUT2D eigenvalue weighted by atomic mass is 79.9. The Morgan fingerprint density at radius 1 is 1.61 bits per heavy atom. The van der Waals surface area contributed by atoms with Gasteiger partial charge in [0.15, 0.2) is 0 Å². The summed E-state index contributed by atoms with van der Waals surface area (Å²) in [6, 6.07) is 8.30. The minimum absolute atomic E-state index is 0.454. The van der Waals surface area contributed by atoms with Crippen LogP contribution in [-0.4, -0.2) is 19.3 Å². The molecule has 0 amide bonds. The van der Waals surface area contributed by atoms with E-state index in [4.69, 9.17) is 10.00 Å². The lowest BCUT2D eigenvalue weighted by molar-refractivity contribution is 0.178. The zero-order valence-corrected chi connectivity index (χ0v) is 12.0. The van der Waals surface area contributed by atoms with Gasteiger partial charge in [0, 0.05) is 23.7 Å². The fourth-order valence-corrected chi connectivity index (χ4v) is 2.66. The molecule has 0 unspecified atom stereocenters. The van der Waals surface area contributed by atoms with Crippen molar-refractivity contribution in [2.45, 2.75) is 25.9 Å². The first-order chi connectivity index (χ1) is 8.70. The van der Waals surface area contributed by atoms with Crippen LogP contribution in [0.2, 0.25) is 0 Å². The Kier molecular flexibility index (Phi) is 4.76. The molecule has 1 saturated heterocycles. The lowest BCUT2D eigenvalue weighted by Crippen LogP contribution is -2.33. The Bertz CT molecular complexity index is 450. The van der Waals surface area contributed by atoms with Crippen molar-refractivity contribution >= 4 is 15.9 Å². The number of rotatable bonds is 4. The second kappa shape index (κ2) is 6.33. The van der Waals surface area contributed by atoms with Crippen LogP contribution in [0.4, 0.5) is 0 Å². The molecule has 2 rings (SSSR count). The van der Waals surface area contributed by atoms with Crippen LogP contribution in [0.3, 0.4) is 0 Å². The summed E-state index contributed by atoms with van der Waals surface area (Å²) in [7, 11) is 0. The summed E-state index contributed by atoms with van der Waals surface area (Å²) >= 11 is 3.51. The zero-order chi connectivity index (χ0) is 13.0. The van der Waals surface area contributed by atoms with Crippen LogP contribution in [0, 0.1) is 17.2 Å². The van der Waals surface area contributed by atoms with Gasteiger partial charge < -0.3 is 10.1 Å². The van der Waals surface area contributed by atoms with Crippen molar-refractivity contribution in [1.29, 1.82) is 5.26 Å². The van der Waals surface area contributed by atoms with Crippen molar-refractivity contribution in [3.8, 4) is 6.07 Å². The normalized spacial score (nSPS) is 20.6. The van der Waals surface area contributed by atoms with Crippen LogP contribution < -0.4 is 5.32 Å². The highest BCUT2D eigenvalue weighted by Crippen LogP contribution is 2.20. The molecule has 18 heavy (non-hydrogen) atoms. The molecule has 4 heteroatoms. The summed E-state index contributed by atoms with van der Waals surface area (Å²) in [5.74, 6) is 0.613. The lowest BCUT2D eigenvalue weighted by Gasteiger charge is -2.19. The molecule has 0 saturated carbocycles. The molecule has 1 heterocycles. The monoisotopic (exact) mass is 308 g/mol. The molecule has 1 aliphatic heterocycles. The van der Waals surface area contributed by atoms with Crippen LogP contribution >= 0.6 is 15.9 Å². The number of hydrogen-bond acceptors (Lipinski definition) is 3. The molecule has 1 fully saturated rings. The summed E-state index contributed by atoms with van der Waals surface area (Å²) in [6.45, 7) is 4.76. The molecule has 1 aliphatic rings. The minimum atomic E-state index is 0.454. The first kappa shape index (κ1) is 13.5. The summed E-state index contributed by atoms with van der Waals surface area (Å²) in [4.78, 5) is 0. The molecule has 1 aromatic rings. The molecule has 0 aromatic heterocycles. The Labute approximate surface area is 116 Å². The summed E-state index contributed by atoms with van der Waals surface area (Å²) in [5, 5.41) is 12.3. The van der Waals surface area contributed by atoms with E-state index in [-0.39, 0.29) is 0 Å². The van der Waals surface area contributed by atoms with E-state index in [9.17, 15) is 0 Å². The molecule has 1 N–H and O–H groups in total. The minimum Gasteiger partial charge on any atom is -0.381 e. The molecular formula is C14H17BrN2O. The van der Waals surface area contributed by atoms with Gasteiger partial charge in [-0.05, 0) is 37.0 Å². The van der Waals surface area contributed by atoms with Crippen LogP contribution in [0.25, 0.3) is 0 Å². The second-order valence-electron chi connectivity index (χ2n) is 4.71. The fraction of sp³-hybridized carbons (Fsp3) is 0.500. The highest BCUT2D eigenvalue weighted by Gasteiger charge is 2.21. The summed E-state index contributed by atoms with van der Waals surface area (Å²) in [6.07, 6.45) is 1.14. The number of nitrogens with zero attached hydrogens (tertiary/aromatic N) is 1. The van der Waals surface area contributed by atoms with Gasteiger partial charge in [-0.1, -0.05) is 22.0 Å². The van der Waals surface area contributed by atoms with E-state index >= 15 is 0 Å². The van der Waals surface area contributed by atoms with E-state index in [0.717, 1.165) is 30.7 Å². The summed E-state index contributed by atoms with van der Waals surface area (Å²) < 4.78 is 6.39. The Morgan fingerprint density at radius 2 is 2.44 bits per heavy atom. The Hall–Kier alpha value is -0.890. The van der Waals surface area contributed by atoms with Crippen molar-refractivity contribution in [1.82, 2.24) is 5.32 Å². The number of nitriles is 1. The number of hydrogen-bond donors (Lipinski definition) is 1. The van der Waals surface area contributed by atoms with Gasteiger partial charge in [-0.3, -0.25) is 0 Å². The molecule has 0 spiro atoms. The van der Waals surface area contributed by atoms with Gasteiger partial charge in [0.1, 0.15) is 0 Å². The largest absolute Gasteiger partial charge is 0.381 e. The van der Waals surface area contributed by atoms with Gasteiger partial charge in [0.25, 0.3) is 0 Å². The van der Waals surface area contributed by atoms with Gasteiger partial charge in [-0.2, -0.15) is 5.26 Å². The molecule has 96 valence electrons. The third-order valence-electron chi connectivity index (χ3n) is 3.47. The van der Waals surface area contributed by atoms with Gasteiger partial charge in [0.05, 0.1) is 18.2 Å². The van der Waals surface area contributed by atoms with Crippen molar-refractivity contribution < 1.29 is 4.74 Å². The fourth-order valence-electron chi connectivity index (χ4n) is 2.14. The van der Waals surface area contributed by atoms with Crippen molar-refractivity contribution in [2.24, 2.45) is 5.92 Å². The van der Waals surface area contributed by atoms with Gasteiger partial charge in [0.2, 0.25) is 0 Å². The van der Waals surface area contributed by atoms with Crippen LogP contribution in [0.1, 0.15) is 24.5 Å². The maximum atomic E-state index is 8.81. The average molecular weight is 309 g/mol. The molecule has 3 nitrogen and oxygen atoms in total. The SMILES string of the molecule is C[C@H](NCc1ccc(C#N)cc1Br)[C@@H]1CCOC1. The van der Waals surface area contributed by atoms with Crippen LogP contribution in [-0.2, 0) is 11.3 Å². The molecule has 0 aliphatic carbocycles. The third kappa shape index (κ3) is 3.32. The Balaban J connectivity index is 1.91. The van der Waals surface area contributed by atoms with E-state index in [1.165, 1.54) is 5.56 Å². The van der Waals surface area contributed by atoms with Gasteiger partial charge >= 0.3 is 0 Å². The molecule has 0 radical (unpaired) electrons. The second-order valence-corrected chi connectivity index (χ2v) is 5.57. The number of ether oxygens (including phenoxy) is 1. The summed E-state index contributed by atoms with van der Waals surface area (Å²) in [5.41, 5.74) is 1.86. The maximum absolute atomic E-state index is 8.81. The third-order valence-corrected chi connectivity index (χ3v) is 4.21. The Morgan fingerprint density at radius 3 is 3.06 bits per heavy atom. The first-order valence-corrected chi connectivity index (χ1v) is 6.99. The van der Waals surface area contributed by atoms with Crippen molar-refractivity contribution in [2.75, 3.05) is 13.2 Å². The van der Waals surface area contributed by atoms with E-state index < -0.39 is 0 Å². The van der Waals surface area contributed by atoms with E-state index in [1.54, 1.807) is 0 Å². The van der Waals surface area contributed by atoms with Crippen LogP contribution in [0.5, 0.6) is 0 Å². The predicted molar refractivity (Wildman–Crippen MR) is 74.1 cm³/mol. The van der Waals surface area contributed by atoms with E-state index in [0.29, 0.717) is 17.5 Å². The molecular weight excluding hydrogens is 292 g/mol. The predicted octanol–water partition coefficient (Wildman–Crippen LogP) is 2.84. The number of benzene rings is 1. The molecule has 0 bridgehead atoms. The van der Waals surface area contributed by atoms with Crippen molar-refractivity contribution in [3.05, 3.63) is 33.8 Å². The average Bonchev–Trinajstić information content (AvgIpc) is 2.90. The van der Waals surface area contributed by atoms with Crippen molar-refractivity contribution in [3.63, 3.8) is 0 Å². The standard InChI is InChI=1S/C14H17BrN2O/c1-10(13-4-5-18-9-13)17-8-12-3-2-11(7-16)6-14(12)15/h2-3,6,10,13,17H,4-5,8-9H2,1H3/t10-,13+/m0/s1. The van der Waals surface area contributed by atoms with Crippen LogP contribution in [0.15, 0.2) is 22.7 Å². The van der Waals surface area contributed by atoms with Gasteiger partial charge in [-0.25, -0.2) is 0 Å². The topological polar surface area (TPSA) is 45.0 Å². The smallest absolute Gasteiger partial charge is 0.0992 e. The molecule has 1 aromatic carbocycles. The maximum Gasteiger partial charge on any atom is 0.0992 e. The van der Waals surface area contributed by atoms with Gasteiger partial charge in [-0.15, -0.1) is 0 Å². The number of nitrogens with one attached hydrogen (secondary N) is 1. The zero-order valence-electron chi connectivity index (χ0n) is 10.4. The molecule has 2 atom stereocenters. The number of halogens is 1. The van der Waals surface area contributed by atoms with E-state index in [2.05, 4.69) is 34.2 Å². The quantitative estimate of drug-likeness (QED) is 0.930.